The first-order valence-corrected chi connectivity index (χ1v) is 13.4. The Labute approximate surface area is 249 Å². The number of rotatable bonds is 3. The van der Waals surface area contributed by atoms with Gasteiger partial charge in [-0.25, -0.2) is 0 Å². The molecule has 0 amide bonds. The molecule has 2 N–H and O–H groups in total. The van der Waals surface area contributed by atoms with Crippen molar-refractivity contribution in [1.82, 2.24) is 9.97 Å². The third-order valence-corrected chi connectivity index (χ3v) is 7.75. The first kappa shape index (κ1) is 28.1. The van der Waals surface area contributed by atoms with Gasteiger partial charge in [0.2, 0.25) is 0 Å². The zero-order valence-corrected chi connectivity index (χ0v) is 25.1. The van der Waals surface area contributed by atoms with Gasteiger partial charge in [0.25, 0.3) is 0 Å². The van der Waals surface area contributed by atoms with E-state index in [0.29, 0.717) is 6.42 Å². The molecule has 0 saturated heterocycles. The van der Waals surface area contributed by atoms with Crippen molar-refractivity contribution in [2.24, 2.45) is 0 Å². The number of hydrogen-bond acceptors (Lipinski definition) is 4. The summed E-state index contributed by atoms with van der Waals surface area (Å²) in [4.78, 5) is 9.10. The SMILES string of the molecule is CC(O)CC(C)O.Cc1nccnc1-c1[c-]cc2c(c1)C1(c3ccccc3-c3ccccc31)c1ccccc1-2.[Ir]. The Kier molecular flexibility index (Phi) is 7.85. The van der Waals surface area contributed by atoms with Gasteiger partial charge in [-0.05, 0) is 55.0 Å². The fourth-order valence-corrected chi connectivity index (χ4v) is 6.33. The Morgan fingerprint density at radius 2 is 1.18 bits per heavy atom. The van der Waals surface area contributed by atoms with E-state index in [4.69, 9.17) is 10.2 Å². The first-order valence-electron chi connectivity index (χ1n) is 13.4. The van der Waals surface area contributed by atoms with Crippen LogP contribution in [0.4, 0.5) is 0 Å². The second-order valence-electron chi connectivity index (χ2n) is 10.5. The van der Waals surface area contributed by atoms with E-state index in [1.807, 2.05) is 6.92 Å². The Bertz CT molecular complexity index is 1610. The van der Waals surface area contributed by atoms with E-state index in [2.05, 4.69) is 101 Å². The second kappa shape index (κ2) is 11.2. The molecule has 0 fully saturated rings. The standard InChI is InChI=1S/C30H19N2.C5H12O2.Ir/c1-19-29(32-17-16-31-19)20-14-15-24-23-10-4-7-13-27(23)30(28(24)18-20)25-11-5-2-8-21(25)22-9-3-6-12-26(22)30;1-4(6)3-5(2)7;/h2-13,15-18H,1H3;4-7H,3H2,1-2H3;/q-1;;. The molecule has 2 aliphatic carbocycles. The van der Waals surface area contributed by atoms with Crippen LogP contribution in [0.2, 0.25) is 0 Å². The molecule has 2 atom stereocenters. The summed E-state index contributed by atoms with van der Waals surface area (Å²) in [5.74, 6) is 0. The average Bonchev–Trinajstić information content (AvgIpc) is 3.40. The summed E-state index contributed by atoms with van der Waals surface area (Å²) in [6.45, 7) is 5.33. The molecule has 0 bridgehead atoms. The van der Waals surface area contributed by atoms with Crippen LogP contribution < -0.4 is 0 Å². The molecule has 7 rings (SSSR count). The molecule has 1 radical (unpaired) electrons. The van der Waals surface area contributed by atoms with Gasteiger partial charge in [0, 0.05) is 43.9 Å². The first-order chi connectivity index (χ1) is 18.9. The number of hydrogen-bond donors (Lipinski definition) is 2. The van der Waals surface area contributed by atoms with E-state index in [1.54, 1.807) is 26.2 Å². The molecule has 1 heterocycles. The molecule has 0 saturated carbocycles. The van der Waals surface area contributed by atoms with Gasteiger partial charge in [-0.15, -0.1) is 29.3 Å². The molecule has 4 aromatic carbocycles. The zero-order valence-electron chi connectivity index (χ0n) is 22.7. The molecule has 203 valence electrons. The van der Waals surface area contributed by atoms with Crippen molar-refractivity contribution in [3.05, 3.63) is 131 Å². The Balaban J connectivity index is 0.000000362. The van der Waals surface area contributed by atoms with E-state index in [9.17, 15) is 0 Å². The van der Waals surface area contributed by atoms with Crippen molar-refractivity contribution in [2.45, 2.75) is 44.8 Å². The maximum absolute atomic E-state index is 8.56. The molecule has 1 aromatic heterocycles. The number of fused-ring (bicyclic) bond motifs is 10. The van der Waals surface area contributed by atoms with Gasteiger partial charge in [0.1, 0.15) is 0 Å². The monoisotopic (exact) mass is 704 g/mol. The molecular weight excluding hydrogens is 673 g/mol. The van der Waals surface area contributed by atoms with Crippen molar-refractivity contribution >= 4 is 0 Å². The Morgan fingerprint density at radius 1 is 0.700 bits per heavy atom. The minimum atomic E-state index is -0.375. The van der Waals surface area contributed by atoms with Crippen molar-refractivity contribution in [1.29, 1.82) is 0 Å². The third kappa shape index (κ3) is 4.44. The van der Waals surface area contributed by atoms with Crippen LogP contribution in [0.5, 0.6) is 0 Å². The molecule has 5 aromatic rings. The zero-order chi connectivity index (χ0) is 27.1. The van der Waals surface area contributed by atoms with Crippen LogP contribution in [0.3, 0.4) is 0 Å². The number of aryl methyl sites for hydroxylation is 1. The van der Waals surface area contributed by atoms with Crippen LogP contribution in [-0.4, -0.2) is 32.4 Å². The molecule has 0 aliphatic heterocycles. The molecule has 2 aliphatic rings. The molecule has 5 heteroatoms. The third-order valence-electron chi connectivity index (χ3n) is 7.75. The molecule has 40 heavy (non-hydrogen) atoms. The van der Waals surface area contributed by atoms with Gasteiger partial charge in [0.15, 0.2) is 0 Å². The van der Waals surface area contributed by atoms with E-state index in [1.165, 1.54) is 44.5 Å². The van der Waals surface area contributed by atoms with Crippen molar-refractivity contribution in [3.63, 3.8) is 0 Å². The van der Waals surface area contributed by atoms with Gasteiger partial charge in [-0.3, -0.25) is 4.98 Å². The largest absolute Gasteiger partial charge is 0.393 e. The number of aliphatic hydroxyl groups is 2. The Hall–Kier alpha value is -3.47. The molecule has 2 unspecified atom stereocenters. The van der Waals surface area contributed by atoms with Crippen LogP contribution in [0.1, 0.15) is 48.2 Å². The van der Waals surface area contributed by atoms with Crippen LogP contribution in [0.15, 0.2) is 97.3 Å². The van der Waals surface area contributed by atoms with E-state index >= 15 is 0 Å². The van der Waals surface area contributed by atoms with Crippen LogP contribution in [0.25, 0.3) is 33.5 Å². The minimum absolute atomic E-state index is 0. The van der Waals surface area contributed by atoms with E-state index < -0.39 is 0 Å². The maximum atomic E-state index is 8.56. The van der Waals surface area contributed by atoms with Gasteiger partial charge in [-0.2, -0.15) is 0 Å². The van der Waals surface area contributed by atoms with Gasteiger partial charge in [0.05, 0.1) is 17.6 Å². The van der Waals surface area contributed by atoms with Gasteiger partial charge in [-0.1, -0.05) is 83.9 Å². The normalized spacial score (nSPS) is 14.5. The molecule has 1 spiro atoms. The fourth-order valence-electron chi connectivity index (χ4n) is 6.33. The van der Waals surface area contributed by atoms with E-state index in [0.717, 1.165) is 17.0 Å². The van der Waals surface area contributed by atoms with Crippen molar-refractivity contribution in [3.8, 4) is 33.5 Å². The van der Waals surface area contributed by atoms with Crippen LogP contribution in [-0.2, 0) is 25.5 Å². The number of benzene rings is 4. The topological polar surface area (TPSA) is 66.2 Å². The molecule has 4 nitrogen and oxygen atoms in total. The van der Waals surface area contributed by atoms with Crippen LogP contribution in [0, 0.1) is 13.0 Å². The summed E-state index contributed by atoms with van der Waals surface area (Å²) < 4.78 is 0. The average molecular weight is 704 g/mol. The van der Waals surface area contributed by atoms with E-state index in [-0.39, 0.29) is 37.7 Å². The van der Waals surface area contributed by atoms with Gasteiger partial charge < -0.3 is 15.2 Å². The minimum Gasteiger partial charge on any atom is -0.393 e. The number of nitrogens with zero attached hydrogens (tertiary/aromatic N) is 2. The summed E-state index contributed by atoms with van der Waals surface area (Å²) in [7, 11) is 0. The fraction of sp³-hybridized carbons (Fsp3) is 0.200. The van der Waals surface area contributed by atoms with Crippen molar-refractivity contribution in [2.75, 3.05) is 0 Å². The van der Waals surface area contributed by atoms with Gasteiger partial charge >= 0.3 is 0 Å². The summed E-state index contributed by atoms with van der Waals surface area (Å²) in [6, 6.07) is 34.5. The predicted octanol–water partition coefficient (Wildman–Crippen LogP) is 6.73. The Morgan fingerprint density at radius 3 is 1.65 bits per heavy atom. The smallest absolute Gasteiger partial charge is 0.0550 e. The quantitative estimate of drug-likeness (QED) is 0.201. The second-order valence-corrected chi connectivity index (χ2v) is 10.5. The summed E-state index contributed by atoms with van der Waals surface area (Å²) in [6.07, 6.45) is 3.22. The summed E-state index contributed by atoms with van der Waals surface area (Å²) >= 11 is 0. The van der Waals surface area contributed by atoms with Crippen molar-refractivity contribution < 1.29 is 30.3 Å². The number of aromatic nitrogens is 2. The number of aliphatic hydroxyl groups excluding tert-OH is 2. The predicted molar refractivity (Wildman–Crippen MR) is 155 cm³/mol. The summed E-state index contributed by atoms with van der Waals surface area (Å²) in [5.41, 5.74) is 13.0. The molecular formula is C35H31IrN2O2-. The summed E-state index contributed by atoms with van der Waals surface area (Å²) in [5, 5.41) is 17.1. The van der Waals surface area contributed by atoms with Crippen LogP contribution >= 0.6 is 0 Å². The maximum Gasteiger partial charge on any atom is 0.0550 e.